The summed E-state index contributed by atoms with van der Waals surface area (Å²) in [6, 6.07) is 10.1. The second-order valence-electron chi connectivity index (χ2n) is 5.44. The number of anilines is 1. The minimum Gasteiger partial charge on any atom is -0.370 e. The van der Waals surface area contributed by atoms with Gasteiger partial charge in [0.05, 0.1) is 0 Å². The summed E-state index contributed by atoms with van der Waals surface area (Å²) in [5, 5.41) is 3.65. The van der Waals surface area contributed by atoms with Crippen LogP contribution in [0.1, 0.15) is 32.3 Å². The standard InChI is InChI=1S/C15H24N2/c1-12(2)16-14-5-4-10-17(11-14)15-8-6-13(3)7-9-15/h6-9,12,14,16H,4-5,10-11H2,1-3H3. The molecular weight excluding hydrogens is 208 g/mol. The molecule has 1 aliphatic heterocycles. The fourth-order valence-corrected chi connectivity index (χ4v) is 2.57. The molecule has 1 unspecified atom stereocenters. The Balaban J connectivity index is 1.99. The highest BCUT2D eigenvalue weighted by atomic mass is 15.2. The van der Waals surface area contributed by atoms with Crippen molar-refractivity contribution >= 4 is 5.69 Å². The monoisotopic (exact) mass is 232 g/mol. The zero-order chi connectivity index (χ0) is 12.3. The van der Waals surface area contributed by atoms with Crippen LogP contribution in [0.3, 0.4) is 0 Å². The molecule has 1 aromatic carbocycles. The summed E-state index contributed by atoms with van der Waals surface area (Å²) < 4.78 is 0. The summed E-state index contributed by atoms with van der Waals surface area (Å²) >= 11 is 0. The van der Waals surface area contributed by atoms with E-state index in [2.05, 4.69) is 55.3 Å². The van der Waals surface area contributed by atoms with Crippen LogP contribution >= 0.6 is 0 Å². The first-order chi connectivity index (χ1) is 8.15. The third kappa shape index (κ3) is 3.47. The Morgan fingerprint density at radius 3 is 2.59 bits per heavy atom. The summed E-state index contributed by atoms with van der Waals surface area (Å²) in [5.74, 6) is 0. The molecule has 2 rings (SSSR count). The van der Waals surface area contributed by atoms with Gasteiger partial charge in [0, 0.05) is 30.9 Å². The Labute approximate surface area is 105 Å². The molecule has 2 nitrogen and oxygen atoms in total. The molecule has 2 heteroatoms. The highest BCUT2D eigenvalue weighted by molar-refractivity contribution is 5.48. The number of rotatable bonds is 3. The molecule has 0 bridgehead atoms. The molecule has 0 spiro atoms. The van der Waals surface area contributed by atoms with E-state index in [1.54, 1.807) is 0 Å². The van der Waals surface area contributed by atoms with Gasteiger partial charge in [-0.3, -0.25) is 0 Å². The normalized spacial score (nSPS) is 20.9. The molecule has 1 fully saturated rings. The van der Waals surface area contributed by atoms with Gasteiger partial charge < -0.3 is 10.2 Å². The molecule has 1 saturated heterocycles. The zero-order valence-corrected chi connectivity index (χ0v) is 11.2. The van der Waals surface area contributed by atoms with E-state index < -0.39 is 0 Å². The second-order valence-corrected chi connectivity index (χ2v) is 5.44. The molecule has 0 aliphatic carbocycles. The maximum atomic E-state index is 3.65. The van der Waals surface area contributed by atoms with Gasteiger partial charge in [0.15, 0.2) is 0 Å². The Morgan fingerprint density at radius 1 is 1.24 bits per heavy atom. The smallest absolute Gasteiger partial charge is 0.0366 e. The first-order valence-corrected chi connectivity index (χ1v) is 6.73. The molecule has 0 aromatic heterocycles. The maximum Gasteiger partial charge on any atom is 0.0366 e. The van der Waals surface area contributed by atoms with E-state index in [1.807, 2.05) is 0 Å². The van der Waals surface area contributed by atoms with Crippen LogP contribution in [0, 0.1) is 6.92 Å². The van der Waals surface area contributed by atoms with Gasteiger partial charge in [-0.25, -0.2) is 0 Å². The van der Waals surface area contributed by atoms with Gasteiger partial charge in [0.25, 0.3) is 0 Å². The molecule has 1 aliphatic rings. The van der Waals surface area contributed by atoms with Crippen molar-refractivity contribution in [2.24, 2.45) is 0 Å². The summed E-state index contributed by atoms with van der Waals surface area (Å²) in [4.78, 5) is 2.50. The van der Waals surface area contributed by atoms with Crippen molar-refractivity contribution in [3.05, 3.63) is 29.8 Å². The van der Waals surface area contributed by atoms with Gasteiger partial charge >= 0.3 is 0 Å². The number of aryl methyl sites for hydroxylation is 1. The van der Waals surface area contributed by atoms with Crippen LogP contribution in [0.15, 0.2) is 24.3 Å². The quantitative estimate of drug-likeness (QED) is 0.862. The Kier molecular flexibility index (Phi) is 4.06. The van der Waals surface area contributed by atoms with Crippen molar-refractivity contribution in [2.75, 3.05) is 18.0 Å². The number of nitrogens with one attached hydrogen (secondary N) is 1. The lowest BCUT2D eigenvalue weighted by atomic mass is 10.0. The van der Waals surface area contributed by atoms with Crippen LogP contribution in [0.25, 0.3) is 0 Å². The molecule has 1 N–H and O–H groups in total. The number of piperidine rings is 1. The van der Waals surface area contributed by atoms with Gasteiger partial charge in [-0.1, -0.05) is 31.5 Å². The van der Waals surface area contributed by atoms with E-state index in [-0.39, 0.29) is 0 Å². The zero-order valence-electron chi connectivity index (χ0n) is 11.2. The van der Waals surface area contributed by atoms with Gasteiger partial charge in [-0.15, -0.1) is 0 Å². The lowest BCUT2D eigenvalue weighted by Gasteiger charge is -2.35. The van der Waals surface area contributed by atoms with Gasteiger partial charge in [0.2, 0.25) is 0 Å². The van der Waals surface area contributed by atoms with E-state index >= 15 is 0 Å². The lowest BCUT2D eigenvalue weighted by molar-refractivity contribution is 0.395. The average Bonchev–Trinajstić information content (AvgIpc) is 2.29. The van der Waals surface area contributed by atoms with Crippen molar-refractivity contribution in [3.8, 4) is 0 Å². The predicted octanol–water partition coefficient (Wildman–Crippen LogP) is 2.96. The molecule has 94 valence electrons. The first-order valence-electron chi connectivity index (χ1n) is 6.73. The fraction of sp³-hybridized carbons (Fsp3) is 0.600. The summed E-state index contributed by atoms with van der Waals surface area (Å²) in [5.41, 5.74) is 2.70. The predicted molar refractivity (Wildman–Crippen MR) is 74.7 cm³/mol. The number of hydrogen-bond acceptors (Lipinski definition) is 2. The first kappa shape index (κ1) is 12.4. The molecule has 1 heterocycles. The minimum absolute atomic E-state index is 0.581. The topological polar surface area (TPSA) is 15.3 Å². The van der Waals surface area contributed by atoms with Gasteiger partial charge in [-0.05, 0) is 31.9 Å². The number of benzene rings is 1. The van der Waals surface area contributed by atoms with Crippen molar-refractivity contribution < 1.29 is 0 Å². The van der Waals surface area contributed by atoms with Crippen LogP contribution in [-0.2, 0) is 0 Å². The largest absolute Gasteiger partial charge is 0.370 e. The van der Waals surface area contributed by atoms with Crippen molar-refractivity contribution in [1.82, 2.24) is 5.32 Å². The number of hydrogen-bond donors (Lipinski definition) is 1. The van der Waals surface area contributed by atoms with Crippen LogP contribution in [0.2, 0.25) is 0 Å². The minimum atomic E-state index is 0.581. The SMILES string of the molecule is Cc1ccc(N2CCCC(NC(C)C)C2)cc1. The van der Waals surface area contributed by atoms with E-state index in [0.717, 1.165) is 6.54 Å². The Morgan fingerprint density at radius 2 is 1.94 bits per heavy atom. The Bertz CT molecular complexity index is 342. The van der Waals surface area contributed by atoms with Crippen molar-refractivity contribution in [2.45, 2.75) is 45.7 Å². The van der Waals surface area contributed by atoms with E-state index in [0.29, 0.717) is 12.1 Å². The summed E-state index contributed by atoms with van der Waals surface area (Å²) in [7, 11) is 0. The third-order valence-electron chi connectivity index (χ3n) is 3.39. The average molecular weight is 232 g/mol. The third-order valence-corrected chi connectivity index (χ3v) is 3.39. The van der Waals surface area contributed by atoms with Crippen LogP contribution in [0.5, 0.6) is 0 Å². The van der Waals surface area contributed by atoms with Gasteiger partial charge in [0.1, 0.15) is 0 Å². The molecule has 1 atom stereocenters. The molecular formula is C15H24N2. The molecule has 0 radical (unpaired) electrons. The van der Waals surface area contributed by atoms with Crippen LogP contribution < -0.4 is 10.2 Å². The summed E-state index contributed by atoms with van der Waals surface area (Å²) in [6.07, 6.45) is 2.60. The fourth-order valence-electron chi connectivity index (χ4n) is 2.57. The van der Waals surface area contributed by atoms with Crippen molar-refractivity contribution in [3.63, 3.8) is 0 Å². The highest BCUT2D eigenvalue weighted by Crippen LogP contribution is 2.20. The Hall–Kier alpha value is -1.02. The lowest BCUT2D eigenvalue weighted by Crippen LogP contribution is -2.47. The van der Waals surface area contributed by atoms with Gasteiger partial charge in [-0.2, -0.15) is 0 Å². The number of nitrogens with zero attached hydrogens (tertiary/aromatic N) is 1. The maximum absolute atomic E-state index is 3.65. The van der Waals surface area contributed by atoms with Crippen molar-refractivity contribution in [1.29, 1.82) is 0 Å². The molecule has 0 saturated carbocycles. The molecule has 1 aromatic rings. The van der Waals surface area contributed by atoms with Crippen LogP contribution in [-0.4, -0.2) is 25.2 Å². The highest BCUT2D eigenvalue weighted by Gasteiger charge is 2.20. The second kappa shape index (κ2) is 5.54. The molecule has 0 amide bonds. The van der Waals surface area contributed by atoms with Crippen LogP contribution in [0.4, 0.5) is 5.69 Å². The molecule has 17 heavy (non-hydrogen) atoms. The van der Waals surface area contributed by atoms with E-state index in [4.69, 9.17) is 0 Å². The van der Waals surface area contributed by atoms with E-state index in [9.17, 15) is 0 Å². The van der Waals surface area contributed by atoms with E-state index in [1.165, 1.54) is 30.6 Å². The summed E-state index contributed by atoms with van der Waals surface area (Å²) in [6.45, 7) is 8.93.